The third-order valence-corrected chi connectivity index (χ3v) is 3.68. The van der Waals surface area contributed by atoms with Crippen molar-refractivity contribution < 1.29 is 9.18 Å². The van der Waals surface area contributed by atoms with Crippen LogP contribution in [0.25, 0.3) is 0 Å². The maximum absolute atomic E-state index is 13.1. The predicted octanol–water partition coefficient (Wildman–Crippen LogP) is 3.32. The molecule has 0 aliphatic carbocycles. The van der Waals surface area contributed by atoms with Gasteiger partial charge in [-0.2, -0.15) is 0 Å². The van der Waals surface area contributed by atoms with E-state index in [-0.39, 0.29) is 17.8 Å². The van der Waals surface area contributed by atoms with E-state index in [1.54, 1.807) is 6.07 Å². The molecule has 2 nitrogen and oxygen atoms in total. The molecular weight excluding hydrogens is 332 g/mol. The third-order valence-electron chi connectivity index (χ3n) is 2.73. The summed E-state index contributed by atoms with van der Waals surface area (Å²) in [6, 6.07) is 4.39. The van der Waals surface area contributed by atoms with Gasteiger partial charge < -0.3 is 5.32 Å². The molecule has 1 unspecified atom stereocenters. The fourth-order valence-corrected chi connectivity index (χ4v) is 2.71. The SMILES string of the molecule is Cc1ccc(F)cc1C(=O)NC(CI)C(C)C. The van der Waals surface area contributed by atoms with Crippen LogP contribution in [0.5, 0.6) is 0 Å². The molecule has 4 heteroatoms. The Morgan fingerprint density at radius 3 is 2.65 bits per heavy atom. The summed E-state index contributed by atoms with van der Waals surface area (Å²) >= 11 is 2.24. The number of nitrogens with one attached hydrogen (secondary N) is 1. The number of hydrogen-bond donors (Lipinski definition) is 1. The van der Waals surface area contributed by atoms with E-state index in [0.717, 1.165) is 9.99 Å². The van der Waals surface area contributed by atoms with E-state index in [0.29, 0.717) is 11.5 Å². The molecule has 1 aromatic rings. The monoisotopic (exact) mass is 349 g/mol. The minimum Gasteiger partial charge on any atom is -0.348 e. The Bertz CT molecular complexity index is 406. The van der Waals surface area contributed by atoms with Crippen molar-refractivity contribution >= 4 is 28.5 Å². The minimum absolute atomic E-state index is 0.116. The lowest BCUT2D eigenvalue weighted by atomic mass is 10.0. The minimum atomic E-state index is -0.378. The number of hydrogen-bond acceptors (Lipinski definition) is 1. The van der Waals surface area contributed by atoms with Crippen molar-refractivity contribution in [3.8, 4) is 0 Å². The van der Waals surface area contributed by atoms with Crippen molar-refractivity contribution in [2.75, 3.05) is 4.43 Å². The molecule has 0 aliphatic heterocycles. The van der Waals surface area contributed by atoms with Crippen LogP contribution in [-0.2, 0) is 0 Å². The first kappa shape index (κ1) is 14.4. The maximum Gasteiger partial charge on any atom is 0.251 e. The Hall–Kier alpha value is -0.650. The van der Waals surface area contributed by atoms with Gasteiger partial charge in [0.2, 0.25) is 0 Å². The number of carbonyl (C=O) groups excluding carboxylic acids is 1. The number of alkyl halides is 1. The van der Waals surface area contributed by atoms with Crippen LogP contribution in [0, 0.1) is 18.7 Å². The van der Waals surface area contributed by atoms with Crippen molar-refractivity contribution in [2.24, 2.45) is 5.92 Å². The Balaban J connectivity index is 2.86. The fourth-order valence-electron chi connectivity index (χ4n) is 1.47. The van der Waals surface area contributed by atoms with Gasteiger partial charge in [0, 0.05) is 16.0 Å². The first-order valence-corrected chi connectivity index (χ1v) is 7.11. The molecule has 1 N–H and O–H groups in total. The summed E-state index contributed by atoms with van der Waals surface area (Å²) < 4.78 is 13.9. The molecule has 0 saturated carbocycles. The van der Waals surface area contributed by atoms with Gasteiger partial charge in [-0.15, -0.1) is 0 Å². The second-order valence-corrected chi connectivity index (χ2v) is 5.32. The van der Waals surface area contributed by atoms with Gasteiger partial charge in [0.15, 0.2) is 0 Å². The molecule has 0 heterocycles. The number of amides is 1. The van der Waals surface area contributed by atoms with E-state index in [1.165, 1.54) is 12.1 Å². The first-order valence-electron chi connectivity index (χ1n) is 5.58. The molecule has 0 aromatic heterocycles. The number of carbonyl (C=O) groups is 1. The number of halogens is 2. The summed E-state index contributed by atoms with van der Waals surface area (Å²) in [4.78, 5) is 12.0. The number of rotatable bonds is 4. The summed E-state index contributed by atoms with van der Waals surface area (Å²) in [6.07, 6.45) is 0. The largest absolute Gasteiger partial charge is 0.348 e. The number of aryl methyl sites for hydroxylation is 1. The molecule has 0 spiro atoms. The summed E-state index contributed by atoms with van der Waals surface area (Å²) in [5.74, 6) is -0.210. The Labute approximate surface area is 115 Å². The van der Waals surface area contributed by atoms with Crippen LogP contribution in [0.15, 0.2) is 18.2 Å². The van der Waals surface area contributed by atoms with Crippen LogP contribution in [-0.4, -0.2) is 16.4 Å². The average Bonchev–Trinajstić information content (AvgIpc) is 2.28. The van der Waals surface area contributed by atoms with Crippen molar-refractivity contribution in [3.05, 3.63) is 35.1 Å². The van der Waals surface area contributed by atoms with Crippen molar-refractivity contribution in [3.63, 3.8) is 0 Å². The molecule has 1 rings (SSSR count). The standard InChI is InChI=1S/C13H17FINO/c1-8(2)12(7-15)16-13(17)11-6-10(14)5-4-9(11)3/h4-6,8,12H,7H2,1-3H3,(H,16,17). The highest BCUT2D eigenvalue weighted by Crippen LogP contribution is 2.12. The second-order valence-electron chi connectivity index (χ2n) is 4.44. The van der Waals surface area contributed by atoms with Crippen molar-refractivity contribution in [1.82, 2.24) is 5.32 Å². The highest BCUT2D eigenvalue weighted by atomic mass is 127. The van der Waals surface area contributed by atoms with Gasteiger partial charge >= 0.3 is 0 Å². The maximum atomic E-state index is 13.1. The molecule has 0 saturated heterocycles. The zero-order valence-corrected chi connectivity index (χ0v) is 12.4. The molecule has 1 amide bonds. The zero-order chi connectivity index (χ0) is 13.0. The molecule has 1 atom stereocenters. The van der Waals surface area contributed by atoms with Crippen LogP contribution >= 0.6 is 22.6 Å². The summed E-state index contributed by atoms with van der Waals surface area (Å²) in [5, 5.41) is 2.94. The van der Waals surface area contributed by atoms with Crippen molar-refractivity contribution in [1.29, 1.82) is 0 Å². The average molecular weight is 349 g/mol. The normalized spacial score (nSPS) is 12.6. The van der Waals surface area contributed by atoms with Gasteiger partial charge in [-0.25, -0.2) is 4.39 Å². The lowest BCUT2D eigenvalue weighted by Gasteiger charge is -2.20. The Morgan fingerprint density at radius 1 is 1.47 bits per heavy atom. The molecule has 0 bridgehead atoms. The molecule has 0 aliphatic rings. The van der Waals surface area contributed by atoms with Gasteiger partial charge in [-0.3, -0.25) is 4.79 Å². The van der Waals surface area contributed by atoms with Gasteiger partial charge in [0.25, 0.3) is 5.91 Å². The third kappa shape index (κ3) is 3.94. The van der Waals surface area contributed by atoms with Crippen LogP contribution in [0.1, 0.15) is 29.8 Å². The van der Waals surface area contributed by atoms with Crippen LogP contribution in [0.3, 0.4) is 0 Å². The summed E-state index contributed by atoms with van der Waals surface area (Å²) in [7, 11) is 0. The summed E-state index contributed by atoms with van der Waals surface area (Å²) in [5.41, 5.74) is 1.21. The fraction of sp³-hybridized carbons (Fsp3) is 0.462. The van der Waals surface area contributed by atoms with E-state index in [4.69, 9.17) is 0 Å². The van der Waals surface area contributed by atoms with E-state index in [9.17, 15) is 9.18 Å². The lowest BCUT2D eigenvalue weighted by molar-refractivity contribution is 0.0931. The highest BCUT2D eigenvalue weighted by molar-refractivity contribution is 14.1. The van der Waals surface area contributed by atoms with Crippen LogP contribution < -0.4 is 5.32 Å². The quantitative estimate of drug-likeness (QED) is 0.656. The first-order chi connectivity index (χ1) is 7.95. The predicted molar refractivity (Wildman–Crippen MR) is 76.1 cm³/mol. The zero-order valence-electron chi connectivity index (χ0n) is 10.3. The Morgan fingerprint density at radius 2 is 2.12 bits per heavy atom. The van der Waals surface area contributed by atoms with Crippen LogP contribution in [0.2, 0.25) is 0 Å². The molecular formula is C13H17FINO. The molecule has 0 fully saturated rings. The van der Waals surface area contributed by atoms with E-state index < -0.39 is 0 Å². The molecule has 94 valence electrons. The topological polar surface area (TPSA) is 29.1 Å². The van der Waals surface area contributed by atoms with Crippen LogP contribution in [0.4, 0.5) is 4.39 Å². The molecule has 17 heavy (non-hydrogen) atoms. The van der Waals surface area contributed by atoms with E-state index >= 15 is 0 Å². The van der Waals surface area contributed by atoms with Gasteiger partial charge in [0.1, 0.15) is 5.82 Å². The van der Waals surface area contributed by atoms with E-state index in [2.05, 4.69) is 41.8 Å². The highest BCUT2D eigenvalue weighted by Gasteiger charge is 2.17. The smallest absolute Gasteiger partial charge is 0.251 e. The van der Waals surface area contributed by atoms with Gasteiger partial charge in [0.05, 0.1) is 0 Å². The lowest BCUT2D eigenvalue weighted by Crippen LogP contribution is -2.40. The van der Waals surface area contributed by atoms with Gasteiger partial charge in [-0.1, -0.05) is 42.5 Å². The molecule has 1 aromatic carbocycles. The Kier molecular flexibility index (Phi) is 5.36. The number of benzene rings is 1. The van der Waals surface area contributed by atoms with Gasteiger partial charge in [-0.05, 0) is 30.5 Å². The summed E-state index contributed by atoms with van der Waals surface area (Å²) in [6.45, 7) is 5.92. The van der Waals surface area contributed by atoms with Crippen molar-refractivity contribution in [2.45, 2.75) is 26.8 Å². The van der Waals surface area contributed by atoms with E-state index in [1.807, 2.05) is 6.92 Å². The second kappa shape index (κ2) is 6.33. The molecule has 0 radical (unpaired) electrons.